The summed E-state index contributed by atoms with van der Waals surface area (Å²) < 4.78 is 16.9. The number of carbonyl (C=O) groups is 1. The van der Waals surface area contributed by atoms with Crippen LogP contribution in [0.1, 0.15) is 39.5 Å². The third-order valence-corrected chi connectivity index (χ3v) is 3.47. The zero-order valence-corrected chi connectivity index (χ0v) is 10.1. The molecule has 0 bridgehead atoms. The second-order valence-electron chi connectivity index (χ2n) is 4.80. The molecule has 0 aliphatic carbocycles. The van der Waals surface area contributed by atoms with Crippen molar-refractivity contribution in [1.82, 2.24) is 0 Å². The van der Waals surface area contributed by atoms with Crippen LogP contribution in [0.3, 0.4) is 0 Å². The Morgan fingerprint density at radius 3 is 2.56 bits per heavy atom. The maximum Gasteiger partial charge on any atom is 0.192 e. The first-order valence-electron chi connectivity index (χ1n) is 6.05. The minimum absolute atomic E-state index is 0.172. The molecule has 16 heavy (non-hydrogen) atoms. The molecular formula is C12H20O4. The number of Topliss-reactive ketones (excluding diaryl/α,β-unsaturated/α-hetero) is 1. The number of hydrogen-bond acceptors (Lipinski definition) is 4. The molecule has 0 N–H and O–H groups in total. The minimum atomic E-state index is -0.652. The molecule has 4 heteroatoms. The van der Waals surface area contributed by atoms with Gasteiger partial charge in [-0.3, -0.25) is 4.79 Å². The van der Waals surface area contributed by atoms with Crippen molar-refractivity contribution in [3.8, 4) is 0 Å². The van der Waals surface area contributed by atoms with Crippen molar-refractivity contribution in [1.29, 1.82) is 0 Å². The topological polar surface area (TPSA) is 44.8 Å². The van der Waals surface area contributed by atoms with Gasteiger partial charge in [-0.15, -0.1) is 0 Å². The number of carbonyl (C=O) groups excluding carboxylic acids is 1. The third-order valence-electron chi connectivity index (χ3n) is 3.47. The standard InChI is InChI=1S/C12H20O4/c1-3-5-11(2)10(13)4-6-12(9-16-11)14-7-8-15-12/h3-9H2,1-2H3. The zero-order chi connectivity index (χ0) is 11.6. The van der Waals surface area contributed by atoms with Gasteiger partial charge in [0.25, 0.3) is 0 Å². The van der Waals surface area contributed by atoms with Crippen LogP contribution >= 0.6 is 0 Å². The lowest BCUT2D eigenvalue weighted by Crippen LogP contribution is -2.40. The molecule has 2 saturated heterocycles. The summed E-state index contributed by atoms with van der Waals surface area (Å²) in [5.74, 6) is -0.480. The van der Waals surface area contributed by atoms with Crippen LogP contribution in [0.2, 0.25) is 0 Å². The van der Waals surface area contributed by atoms with Gasteiger partial charge in [0.1, 0.15) is 12.2 Å². The van der Waals surface area contributed by atoms with Crippen molar-refractivity contribution in [3.63, 3.8) is 0 Å². The van der Waals surface area contributed by atoms with Crippen LogP contribution in [0.4, 0.5) is 0 Å². The Balaban J connectivity index is 2.08. The maximum atomic E-state index is 12.0. The molecule has 2 aliphatic heterocycles. The lowest BCUT2D eigenvalue weighted by molar-refractivity contribution is -0.207. The number of hydrogen-bond donors (Lipinski definition) is 0. The molecule has 2 aliphatic rings. The van der Waals surface area contributed by atoms with E-state index in [9.17, 15) is 4.79 Å². The van der Waals surface area contributed by atoms with E-state index in [1.54, 1.807) is 0 Å². The predicted molar refractivity (Wildman–Crippen MR) is 58.1 cm³/mol. The van der Waals surface area contributed by atoms with Crippen LogP contribution in [-0.4, -0.2) is 37.0 Å². The van der Waals surface area contributed by atoms with E-state index in [0.29, 0.717) is 32.7 Å². The van der Waals surface area contributed by atoms with E-state index in [-0.39, 0.29) is 5.78 Å². The van der Waals surface area contributed by atoms with Crippen molar-refractivity contribution in [2.75, 3.05) is 19.8 Å². The van der Waals surface area contributed by atoms with E-state index >= 15 is 0 Å². The monoisotopic (exact) mass is 228 g/mol. The number of ketones is 1. The van der Waals surface area contributed by atoms with Crippen LogP contribution < -0.4 is 0 Å². The largest absolute Gasteiger partial charge is 0.362 e. The summed E-state index contributed by atoms with van der Waals surface area (Å²) in [6.07, 6.45) is 2.81. The van der Waals surface area contributed by atoms with Gasteiger partial charge in [-0.05, 0) is 13.3 Å². The van der Waals surface area contributed by atoms with Gasteiger partial charge in [0, 0.05) is 12.8 Å². The van der Waals surface area contributed by atoms with Gasteiger partial charge < -0.3 is 14.2 Å². The molecule has 0 aromatic carbocycles. The Hall–Kier alpha value is -0.450. The Kier molecular flexibility index (Phi) is 3.33. The van der Waals surface area contributed by atoms with E-state index in [1.807, 2.05) is 6.92 Å². The van der Waals surface area contributed by atoms with Gasteiger partial charge in [-0.1, -0.05) is 13.3 Å². The SMILES string of the molecule is CCCC1(C)OCC2(CCC1=O)OCCO2. The first-order chi connectivity index (χ1) is 7.60. The smallest absolute Gasteiger partial charge is 0.192 e. The van der Waals surface area contributed by atoms with E-state index in [0.717, 1.165) is 12.8 Å². The Morgan fingerprint density at radius 1 is 1.25 bits per heavy atom. The molecule has 2 rings (SSSR count). The predicted octanol–water partition coefficient (Wildman–Crippen LogP) is 1.67. The van der Waals surface area contributed by atoms with Crippen molar-refractivity contribution in [2.45, 2.75) is 50.9 Å². The van der Waals surface area contributed by atoms with Gasteiger partial charge in [-0.2, -0.15) is 0 Å². The van der Waals surface area contributed by atoms with Crippen molar-refractivity contribution >= 4 is 5.78 Å². The maximum absolute atomic E-state index is 12.0. The average Bonchev–Trinajstić information content (AvgIpc) is 2.68. The highest BCUT2D eigenvalue weighted by Gasteiger charge is 2.45. The molecule has 0 aromatic rings. The molecule has 0 aromatic heterocycles. The molecule has 4 nitrogen and oxygen atoms in total. The molecule has 1 unspecified atom stereocenters. The summed E-state index contributed by atoms with van der Waals surface area (Å²) >= 11 is 0. The van der Waals surface area contributed by atoms with Crippen LogP contribution in [0.25, 0.3) is 0 Å². The fourth-order valence-electron chi connectivity index (χ4n) is 2.40. The lowest BCUT2D eigenvalue weighted by Gasteiger charge is -2.29. The van der Waals surface area contributed by atoms with Crippen LogP contribution in [0.5, 0.6) is 0 Å². The summed E-state index contributed by atoms with van der Waals surface area (Å²) in [4.78, 5) is 12.0. The molecule has 2 heterocycles. The normalized spacial score (nSPS) is 34.2. The van der Waals surface area contributed by atoms with Gasteiger partial charge in [0.05, 0.1) is 13.2 Å². The van der Waals surface area contributed by atoms with E-state index in [2.05, 4.69) is 6.92 Å². The van der Waals surface area contributed by atoms with Gasteiger partial charge >= 0.3 is 0 Å². The Bertz CT molecular complexity index is 270. The molecule has 0 saturated carbocycles. The average molecular weight is 228 g/mol. The minimum Gasteiger partial charge on any atom is -0.362 e. The van der Waals surface area contributed by atoms with Crippen LogP contribution in [0.15, 0.2) is 0 Å². The molecule has 92 valence electrons. The summed E-state index contributed by atoms with van der Waals surface area (Å²) in [5, 5.41) is 0. The summed E-state index contributed by atoms with van der Waals surface area (Å²) in [5.41, 5.74) is -0.645. The summed E-state index contributed by atoms with van der Waals surface area (Å²) in [7, 11) is 0. The number of rotatable bonds is 2. The highest BCUT2D eigenvalue weighted by atomic mass is 16.8. The highest BCUT2D eigenvalue weighted by Crippen LogP contribution is 2.34. The van der Waals surface area contributed by atoms with Gasteiger partial charge in [-0.25, -0.2) is 0 Å². The van der Waals surface area contributed by atoms with Crippen molar-refractivity contribution < 1.29 is 19.0 Å². The zero-order valence-electron chi connectivity index (χ0n) is 10.1. The van der Waals surface area contributed by atoms with Crippen molar-refractivity contribution in [3.05, 3.63) is 0 Å². The third kappa shape index (κ3) is 2.14. The summed E-state index contributed by atoms with van der Waals surface area (Å²) in [6.45, 7) is 5.51. The second-order valence-corrected chi connectivity index (χ2v) is 4.80. The van der Waals surface area contributed by atoms with E-state index < -0.39 is 11.4 Å². The first kappa shape index (κ1) is 12.0. The lowest BCUT2D eigenvalue weighted by atomic mass is 9.92. The van der Waals surface area contributed by atoms with Crippen LogP contribution in [-0.2, 0) is 19.0 Å². The fourth-order valence-corrected chi connectivity index (χ4v) is 2.40. The van der Waals surface area contributed by atoms with Gasteiger partial charge in [0.2, 0.25) is 0 Å². The Labute approximate surface area is 96.2 Å². The van der Waals surface area contributed by atoms with E-state index in [1.165, 1.54) is 0 Å². The second kappa shape index (κ2) is 4.43. The van der Waals surface area contributed by atoms with Crippen LogP contribution in [0, 0.1) is 0 Å². The summed E-state index contributed by atoms with van der Waals surface area (Å²) in [6, 6.07) is 0. The molecule has 0 amide bonds. The van der Waals surface area contributed by atoms with E-state index in [4.69, 9.17) is 14.2 Å². The quantitative estimate of drug-likeness (QED) is 0.721. The van der Waals surface area contributed by atoms with Crippen molar-refractivity contribution in [2.24, 2.45) is 0 Å². The molecule has 2 fully saturated rings. The molecular weight excluding hydrogens is 208 g/mol. The molecule has 0 radical (unpaired) electrons. The molecule has 1 atom stereocenters. The highest BCUT2D eigenvalue weighted by molar-refractivity contribution is 5.87. The molecule has 1 spiro atoms. The first-order valence-corrected chi connectivity index (χ1v) is 6.05. The fraction of sp³-hybridized carbons (Fsp3) is 0.917. The van der Waals surface area contributed by atoms with Gasteiger partial charge in [0.15, 0.2) is 11.6 Å². The number of ether oxygens (including phenoxy) is 3. The Morgan fingerprint density at radius 2 is 1.94 bits per heavy atom.